The van der Waals surface area contributed by atoms with Gasteiger partial charge in [0, 0.05) is 0 Å². The molecule has 0 aliphatic rings. The summed E-state index contributed by atoms with van der Waals surface area (Å²) in [4.78, 5) is 0. The van der Waals surface area contributed by atoms with E-state index in [9.17, 15) is 0 Å². The summed E-state index contributed by atoms with van der Waals surface area (Å²) in [5.41, 5.74) is 0. The van der Waals surface area contributed by atoms with Crippen LogP contribution in [0.3, 0.4) is 0 Å². The maximum Gasteiger partial charge on any atom is -0.0590 e. The van der Waals surface area contributed by atoms with E-state index in [0.29, 0.717) is 0 Å². The van der Waals surface area contributed by atoms with E-state index in [4.69, 9.17) is 0 Å². The van der Waals surface area contributed by atoms with Crippen LogP contribution in [0.5, 0.6) is 0 Å². The Kier molecular flexibility index (Phi) is 21000. The van der Waals surface area contributed by atoms with Gasteiger partial charge < -0.3 is 0 Å². The van der Waals surface area contributed by atoms with E-state index < -0.39 is 0 Å². The van der Waals surface area contributed by atoms with Gasteiger partial charge >= 0.3 is 0 Å². The summed E-state index contributed by atoms with van der Waals surface area (Å²) in [5, 5.41) is 0. The van der Waals surface area contributed by atoms with E-state index in [0.717, 1.165) is 0 Å². The molecule has 0 aromatic carbocycles. The van der Waals surface area contributed by atoms with Gasteiger partial charge in [0.05, 0.1) is 0 Å². The van der Waals surface area contributed by atoms with Crippen molar-refractivity contribution in [2.45, 2.75) is 371 Å². The zero-order valence-electron chi connectivity index (χ0n) is 36.2. The molecule has 0 aromatic heterocycles. The topological polar surface area (TPSA) is 0 Å². The average Bonchev–Trinajstić information content (AvgIpc) is 3.02. The normalized spacial score (nSPS) is 3.17. The Morgan fingerprint density at radius 3 is 0.113 bits per heavy atom. The Morgan fingerprint density at radius 1 is 0.113 bits per heavy atom. The standard InChI is InChI=1S/6C3H8.10C2H6.15CH4/c6*1-3-2;10*1-2;;;;;;;;;;;;;;;/h6*3H2,1-2H3;10*1-2H3;15*1H4. The van der Waals surface area contributed by atoms with Gasteiger partial charge in [0.15, 0.2) is 0 Å². The van der Waals surface area contributed by atoms with Gasteiger partial charge in [0.1, 0.15) is 0 Å². The molecule has 0 radical (unpaired) electrons. The van der Waals surface area contributed by atoms with Crippen LogP contribution in [0.1, 0.15) is 371 Å². The van der Waals surface area contributed by atoms with Gasteiger partial charge in [-0.15, -0.1) is 0 Å². The lowest BCUT2D eigenvalue weighted by molar-refractivity contribution is 1.09. The minimum Gasteiger partial charge on any atom is -0.0776 e. The fourth-order valence-electron chi connectivity index (χ4n) is 0. The first-order chi connectivity index (χ1) is 18.5. The second-order valence-corrected chi connectivity index (χ2v) is 4.24. The van der Waals surface area contributed by atoms with Crippen molar-refractivity contribution >= 4 is 0 Å². The third-order valence-corrected chi connectivity index (χ3v) is 0. The summed E-state index contributed by atoms with van der Waals surface area (Å²) >= 11 is 0. The molecule has 0 spiro atoms. The molecule has 0 aromatic rings. The van der Waals surface area contributed by atoms with Crippen LogP contribution in [0.15, 0.2) is 0 Å². The van der Waals surface area contributed by atoms with Gasteiger partial charge in [-0.1, -0.05) is 371 Å². The Balaban J connectivity index is -0.00000000331. The molecule has 0 saturated carbocycles. The molecule has 0 aliphatic heterocycles. The molecule has 380 valence electrons. The molecule has 0 rings (SSSR count). The zero-order valence-corrected chi connectivity index (χ0v) is 36.2. The summed E-state index contributed by atoms with van der Waals surface area (Å²) in [6.07, 6.45) is 7.50. The van der Waals surface area contributed by atoms with Gasteiger partial charge in [-0.2, -0.15) is 0 Å². The Labute approximate surface area is 370 Å². The van der Waals surface area contributed by atoms with Crippen molar-refractivity contribution in [2.24, 2.45) is 0 Å². The molecule has 0 N–H and O–H groups in total. The van der Waals surface area contributed by atoms with E-state index in [-0.39, 0.29) is 111 Å². The van der Waals surface area contributed by atoms with Crippen LogP contribution < -0.4 is 0 Å². The molecule has 0 amide bonds. The van der Waals surface area contributed by atoms with Gasteiger partial charge in [-0.25, -0.2) is 0 Å². The van der Waals surface area contributed by atoms with Crippen LogP contribution in [-0.4, -0.2) is 0 Å². The van der Waals surface area contributed by atoms with Crippen molar-refractivity contribution in [2.75, 3.05) is 0 Å². The number of hydrogen-bond acceptors (Lipinski definition) is 0. The fraction of sp³-hybridized carbons (Fsp3) is 1.00. The Morgan fingerprint density at radius 2 is 0.113 bits per heavy atom. The molecule has 0 fully saturated rings. The molecule has 0 aliphatic carbocycles. The third kappa shape index (κ3) is 0. The lowest BCUT2D eigenvalue weighted by atomic mass is 10.6. The smallest absolute Gasteiger partial charge is 0.0590 e. The maximum atomic E-state index is 2.12. The van der Waals surface area contributed by atoms with Crippen LogP contribution in [0.2, 0.25) is 0 Å². The first-order valence-corrected chi connectivity index (χ1v) is 18.5. The summed E-state index contributed by atoms with van der Waals surface area (Å²) in [6, 6.07) is 0. The van der Waals surface area contributed by atoms with Crippen molar-refractivity contribution < 1.29 is 0 Å². The van der Waals surface area contributed by atoms with Gasteiger partial charge in [-0.05, 0) is 0 Å². The Hall–Kier alpha value is 0. The highest BCUT2D eigenvalue weighted by atomic mass is 13.4. The van der Waals surface area contributed by atoms with Crippen LogP contribution in [0, 0.1) is 0 Å². The molecule has 0 unspecified atom stereocenters. The zero-order chi connectivity index (χ0) is 36.2. The van der Waals surface area contributed by atoms with E-state index >= 15 is 0 Å². The van der Waals surface area contributed by atoms with E-state index in [1.54, 1.807) is 0 Å². The van der Waals surface area contributed by atoms with Crippen LogP contribution in [-0.2, 0) is 0 Å². The predicted molar refractivity (Wildman–Crippen MR) is 310 cm³/mol. The third-order valence-electron chi connectivity index (χ3n) is 0. The second-order valence-electron chi connectivity index (χ2n) is 4.24. The SMILES string of the molecule is C.C.C.C.C.C.C.C.C.C.C.C.C.C.C.CC.CC.CC.CC.CC.CC.CC.CC.CC.CC.CCC.CCC.CCC.CCC.CCC.CCC. The molecule has 0 atom stereocenters. The van der Waals surface area contributed by atoms with Crippen LogP contribution in [0.4, 0.5) is 0 Å². The van der Waals surface area contributed by atoms with Gasteiger partial charge in [-0.3, -0.25) is 0 Å². The van der Waals surface area contributed by atoms with Crippen molar-refractivity contribution in [3.63, 3.8) is 0 Å². The summed E-state index contributed by atoms with van der Waals surface area (Å²) in [7, 11) is 0. The molecule has 53 heavy (non-hydrogen) atoms. The first-order valence-electron chi connectivity index (χ1n) is 18.5. The Bertz CT molecular complexity index is 15.5. The van der Waals surface area contributed by atoms with Crippen LogP contribution in [0.25, 0.3) is 0 Å². The lowest BCUT2D eigenvalue weighted by Gasteiger charge is -1.48. The molecular formula is C53H168. The van der Waals surface area contributed by atoms with Crippen LogP contribution >= 0.6 is 0 Å². The molecular weight excluding hydrogens is 637 g/mol. The summed E-state index contributed by atoms with van der Waals surface area (Å²) in [6.45, 7) is 65.5. The van der Waals surface area contributed by atoms with Crippen molar-refractivity contribution in [1.82, 2.24) is 0 Å². The van der Waals surface area contributed by atoms with Gasteiger partial charge in [0.2, 0.25) is 0 Å². The highest BCUT2D eigenvalue weighted by Gasteiger charge is 1.37. The monoisotopic (exact) mass is 805 g/mol. The van der Waals surface area contributed by atoms with E-state index in [2.05, 4.69) is 83.1 Å². The molecule has 0 saturated heterocycles. The highest BCUT2D eigenvalue weighted by molar-refractivity contribution is 3.93. The largest absolute Gasteiger partial charge is 0.0776 e. The molecule has 0 heterocycles. The fourth-order valence-corrected chi connectivity index (χ4v) is 0. The lowest BCUT2D eigenvalue weighted by Crippen LogP contribution is -1.27. The minimum absolute atomic E-state index is 0. The molecule has 0 heteroatoms. The van der Waals surface area contributed by atoms with E-state index in [1.165, 1.54) is 38.5 Å². The maximum absolute atomic E-state index is 2.12. The predicted octanol–water partition coefficient (Wildman–Crippen LogP) is 28.3. The number of rotatable bonds is 0. The van der Waals surface area contributed by atoms with Crippen molar-refractivity contribution in [3.8, 4) is 0 Å². The summed E-state index contributed by atoms with van der Waals surface area (Å²) < 4.78 is 0. The van der Waals surface area contributed by atoms with E-state index in [1.807, 2.05) is 138 Å². The van der Waals surface area contributed by atoms with Gasteiger partial charge in [0.25, 0.3) is 0 Å². The first kappa shape index (κ1) is 296. The number of hydrogen-bond donors (Lipinski definition) is 0. The van der Waals surface area contributed by atoms with Crippen molar-refractivity contribution in [3.05, 3.63) is 0 Å². The average molecular weight is 806 g/mol. The highest BCUT2D eigenvalue weighted by Crippen LogP contribution is 1.57. The molecule has 0 nitrogen and oxygen atoms in total. The van der Waals surface area contributed by atoms with Crippen molar-refractivity contribution in [1.29, 1.82) is 0 Å². The summed E-state index contributed by atoms with van der Waals surface area (Å²) in [5.74, 6) is 0. The molecule has 0 bridgehead atoms. The quantitative estimate of drug-likeness (QED) is 0.229. The second kappa shape index (κ2) is 3760. The minimum atomic E-state index is 0.